The van der Waals surface area contributed by atoms with Crippen LogP contribution in [0, 0.1) is 12.8 Å². The first-order valence-electron chi connectivity index (χ1n) is 7.43. The van der Waals surface area contributed by atoms with E-state index in [-0.39, 0.29) is 0 Å². The molecule has 0 radical (unpaired) electrons. The average molecular weight is 289 g/mol. The lowest BCUT2D eigenvalue weighted by Crippen LogP contribution is -2.32. The van der Waals surface area contributed by atoms with E-state index >= 15 is 0 Å². The molecular formula is C15H23N5O. The second-order valence-corrected chi connectivity index (χ2v) is 5.68. The molecule has 2 aromatic rings. The summed E-state index contributed by atoms with van der Waals surface area (Å²) < 4.78 is 5.33. The molecule has 0 aromatic carbocycles. The van der Waals surface area contributed by atoms with Gasteiger partial charge in [0.25, 0.3) is 0 Å². The maximum Gasteiger partial charge on any atom is 0.240 e. The minimum absolute atomic E-state index is 0.349. The van der Waals surface area contributed by atoms with Crippen LogP contribution in [0.3, 0.4) is 0 Å². The van der Waals surface area contributed by atoms with Gasteiger partial charge >= 0.3 is 0 Å². The molecule has 114 valence electrons. The summed E-state index contributed by atoms with van der Waals surface area (Å²) in [5.41, 5.74) is 1.01. The van der Waals surface area contributed by atoms with Crippen LogP contribution in [0.5, 0.6) is 0 Å². The number of hydrogen-bond acceptors (Lipinski definition) is 6. The van der Waals surface area contributed by atoms with Crippen LogP contribution < -0.4 is 5.32 Å². The molecule has 2 aromatic heterocycles. The van der Waals surface area contributed by atoms with Gasteiger partial charge in [-0.15, -0.1) is 0 Å². The highest BCUT2D eigenvalue weighted by Crippen LogP contribution is 2.14. The van der Waals surface area contributed by atoms with Gasteiger partial charge < -0.3 is 9.84 Å². The molecule has 0 aliphatic heterocycles. The quantitative estimate of drug-likeness (QED) is 0.843. The monoisotopic (exact) mass is 289 g/mol. The molecule has 0 amide bonds. The van der Waals surface area contributed by atoms with Gasteiger partial charge in [-0.05, 0) is 31.4 Å². The summed E-state index contributed by atoms with van der Waals surface area (Å²) in [5, 5.41) is 7.43. The maximum atomic E-state index is 5.33. The van der Waals surface area contributed by atoms with Crippen LogP contribution in [0.2, 0.25) is 0 Å². The van der Waals surface area contributed by atoms with Crippen molar-refractivity contribution in [2.45, 2.75) is 46.6 Å². The lowest BCUT2D eigenvalue weighted by atomic mass is 10.0. The lowest BCUT2D eigenvalue weighted by Gasteiger charge is -2.17. The van der Waals surface area contributed by atoms with Crippen LogP contribution >= 0.6 is 0 Å². The van der Waals surface area contributed by atoms with Crippen LogP contribution in [-0.2, 0) is 6.42 Å². The number of nitrogens with one attached hydrogen (secondary N) is 1. The van der Waals surface area contributed by atoms with Crippen molar-refractivity contribution < 1.29 is 4.52 Å². The topological polar surface area (TPSA) is 76.7 Å². The first-order chi connectivity index (χ1) is 10.1. The molecule has 1 N–H and O–H groups in total. The Labute approximate surface area is 125 Å². The zero-order valence-corrected chi connectivity index (χ0v) is 13.1. The Morgan fingerprint density at radius 1 is 1.19 bits per heavy atom. The Balaban J connectivity index is 2.06. The molecule has 0 spiro atoms. The van der Waals surface area contributed by atoms with Crippen LogP contribution in [0.1, 0.15) is 38.6 Å². The van der Waals surface area contributed by atoms with Crippen molar-refractivity contribution in [1.29, 1.82) is 0 Å². The zero-order chi connectivity index (χ0) is 15.2. The summed E-state index contributed by atoms with van der Waals surface area (Å²) >= 11 is 0. The number of hydrogen-bond donors (Lipinski definition) is 1. The van der Waals surface area contributed by atoms with E-state index in [0.717, 1.165) is 24.9 Å². The summed E-state index contributed by atoms with van der Waals surface area (Å²) in [4.78, 5) is 12.8. The van der Waals surface area contributed by atoms with E-state index in [9.17, 15) is 0 Å². The van der Waals surface area contributed by atoms with Gasteiger partial charge in [-0.2, -0.15) is 4.98 Å². The van der Waals surface area contributed by atoms with E-state index in [1.165, 1.54) is 0 Å². The first kappa shape index (κ1) is 15.6. The predicted molar refractivity (Wildman–Crippen MR) is 80.7 cm³/mol. The second-order valence-electron chi connectivity index (χ2n) is 5.68. The Kier molecular flexibility index (Phi) is 5.38. The molecule has 6 heteroatoms. The van der Waals surface area contributed by atoms with Gasteiger partial charge in [0, 0.05) is 24.9 Å². The van der Waals surface area contributed by atoms with Gasteiger partial charge in [0.05, 0.1) is 0 Å². The van der Waals surface area contributed by atoms with Crippen molar-refractivity contribution in [2.75, 3.05) is 6.54 Å². The molecule has 0 aliphatic carbocycles. The van der Waals surface area contributed by atoms with Crippen molar-refractivity contribution in [3.63, 3.8) is 0 Å². The predicted octanol–water partition coefficient (Wildman–Crippen LogP) is 2.40. The van der Waals surface area contributed by atoms with Gasteiger partial charge in [-0.3, -0.25) is 0 Å². The zero-order valence-electron chi connectivity index (χ0n) is 13.1. The third kappa shape index (κ3) is 4.60. The third-order valence-electron chi connectivity index (χ3n) is 3.12. The molecule has 6 nitrogen and oxygen atoms in total. The molecular weight excluding hydrogens is 266 g/mol. The Bertz CT molecular complexity index is 549. The molecule has 21 heavy (non-hydrogen) atoms. The largest absolute Gasteiger partial charge is 0.339 e. The van der Waals surface area contributed by atoms with Gasteiger partial charge in [0.2, 0.25) is 17.5 Å². The van der Waals surface area contributed by atoms with Crippen molar-refractivity contribution in [2.24, 2.45) is 5.92 Å². The van der Waals surface area contributed by atoms with E-state index in [1.54, 1.807) is 12.4 Å². The smallest absolute Gasteiger partial charge is 0.240 e. The summed E-state index contributed by atoms with van der Waals surface area (Å²) in [6.45, 7) is 9.40. The number of aromatic nitrogens is 4. The first-order valence-corrected chi connectivity index (χ1v) is 7.43. The van der Waals surface area contributed by atoms with Crippen molar-refractivity contribution in [3.8, 4) is 11.6 Å². The van der Waals surface area contributed by atoms with Crippen LogP contribution in [0.4, 0.5) is 0 Å². The molecule has 0 aliphatic rings. The minimum atomic E-state index is 0.349. The molecule has 2 rings (SSSR count). The van der Waals surface area contributed by atoms with Crippen molar-refractivity contribution in [3.05, 3.63) is 23.8 Å². The van der Waals surface area contributed by atoms with E-state index in [1.807, 2.05) is 6.92 Å². The highest BCUT2D eigenvalue weighted by molar-refractivity contribution is 5.40. The summed E-state index contributed by atoms with van der Waals surface area (Å²) in [6, 6.07) is 0.349. The Morgan fingerprint density at radius 2 is 1.90 bits per heavy atom. The molecule has 1 unspecified atom stereocenters. The van der Waals surface area contributed by atoms with Gasteiger partial charge in [0.15, 0.2) is 0 Å². The molecule has 0 bridgehead atoms. The van der Waals surface area contributed by atoms with E-state index < -0.39 is 0 Å². The fourth-order valence-corrected chi connectivity index (χ4v) is 2.24. The molecule has 2 heterocycles. The van der Waals surface area contributed by atoms with Gasteiger partial charge in [-0.25, -0.2) is 9.97 Å². The van der Waals surface area contributed by atoms with Crippen LogP contribution in [0.25, 0.3) is 11.6 Å². The van der Waals surface area contributed by atoms with Crippen LogP contribution in [-0.4, -0.2) is 32.7 Å². The molecule has 0 saturated heterocycles. The van der Waals surface area contributed by atoms with Crippen LogP contribution in [0.15, 0.2) is 16.9 Å². The fourth-order valence-electron chi connectivity index (χ4n) is 2.24. The van der Waals surface area contributed by atoms with Gasteiger partial charge in [0.1, 0.15) is 0 Å². The third-order valence-corrected chi connectivity index (χ3v) is 3.12. The number of likely N-dealkylation sites (N-methyl/N-ethyl adjacent to an activating group) is 1. The molecule has 0 fully saturated rings. The fraction of sp³-hybridized carbons (Fsp3) is 0.600. The van der Waals surface area contributed by atoms with E-state index in [0.29, 0.717) is 29.5 Å². The summed E-state index contributed by atoms with van der Waals surface area (Å²) in [7, 11) is 0. The van der Waals surface area contributed by atoms with Gasteiger partial charge in [-0.1, -0.05) is 25.9 Å². The lowest BCUT2D eigenvalue weighted by molar-refractivity contribution is 0.340. The average Bonchev–Trinajstić information content (AvgIpc) is 2.87. The minimum Gasteiger partial charge on any atom is -0.339 e. The Hall–Kier alpha value is -1.82. The highest BCUT2D eigenvalue weighted by Gasteiger charge is 2.16. The number of nitrogens with zero attached hydrogens (tertiary/aromatic N) is 4. The van der Waals surface area contributed by atoms with E-state index in [4.69, 9.17) is 4.52 Å². The summed E-state index contributed by atoms with van der Waals surface area (Å²) in [6.07, 6.45) is 5.30. The maximum absolute atomic E-state index is 5.33. The SMILES string of the molecule is CCNC(Cc1nc(-c2ncc(C)cn2)no1)CC(C)C. The number of rotatable bonds is 7. The Morgan fingerprint density at radius 3 is 2.52 bits per heavy atom. The standard InChI is InChI=1S/C15H23N5O/c1-5-16-12(6-10(2)3)7-13-19-15(20-21-13)14-17-8-11(4)9-18-14/h8-10,12,16H,5-7H2,1-4H3. The molecule has 0 saturated carbocycles. The van der Waals surface area contributed by atoms with E-state index in [2.05, 4.69) is 46.2 Å². The summed E-state index contributed by atoms with van der Waals surface area (Å²) in [5.74, 6) is 2.20. The normalized spacial score (nSPS) is 12.8. The van der Waals surface area contributed by atoms with Crippen molar-refractivity contribution >= 4 is 0 Å². The highest BCUT2D eigenvalue weighted by atomic mass is 16.5. The number of aryl methyl sites for hydroxylation is 1. The second kappa shape index (κ2) is 7.26. The molecule has 1 atom stereocenters. The van der Waals surface area contributed by atoms with Crippen molar-refractivity contribution in [1.82, 2.24) is 25.4 Å².